The molecule has 0 heterocycles. The van der Waals surface area contributed by atoms with Crippen molar-refractivity contribution in [2.45, 2.75) is 46.1 Å². The average molecular weight is 259 g/mol. The fraction of sp³-hybridized carbons (Fsp3) is 0.833. The van der Waals surface area contributed by atoms with Crippen molar-refractivity contribution in [1.82, 2.24) is 10.3 Å². The summed E-state index contributed by atoms with van der Waals surface area (Å²) >= 11 is 0. The van der Waals surface area contributed by atoms with Crippen LogP contribution in [-0.2, 0) is 9.59 Å². The summed E-state index contributed by atoms with van der Waals surface area (Å²) in [6.07, 6.45) is 3.09. The van der Waals surface area contributed by atoms with Crippen LogP contribution in [-0.4, -0.2) is 41.1 Å². The number of nitrogens with zero attached hydrogens (tertiary/aromatic N) is 1. The van der Waals surface area contributed by atoms with Gasteiger partial charge in [0.25, 0.3) is 0 Å². The third-order valence-electron chi connectivity index (χ3n) is 2.69. The molecular weight excluding hydrogens is 234 g/mol. The largest absolute Gasteiger partial charge is 0.480 e. The van der Waals surface area contributed by atoms with Gasteiger partial charge in [0.15, 0.2) is 0 Å². The molecule has 0 spiro atoms. The maximum Gasteiger partial charge on any atom is 0.322 e. The van der Waals surface area contributed by atoms with E-state index in [-0.39, 0.29) is 18.4 Å². The number of amides is 1. The van der Waals surface area contributed by atoms with Gasteiger partial charge in [-0.25, -0.2) is 5.01 Å². The number of hydrogen-bond acceptors (Lipinski definition) is 4. The standard InChI is InChI=1S/C12H25N3O3/c1-4-5-6-7-15(13)11(9(2)3)12(18)14-8-10(16)17/h9,11H,4-8,13H2,1-3H3,(H,14,18)(H,16,17). The molecule has 0 aliphatic heterocycles. The van der Waals surface area contributed by atoms with Crippen LogP contribution in [0.15, 0.2) is 0 Å². The molecule has 0 saturated carbocycles. The number of carbonyl (C=O) groups excluding carboxylic acids is 1. The Balaban J connectivity index is 4.35. The van der Waals surface area contributed by atoms with Gasteiger partial charge in [-0.15, -0.1) is 0 Å². The van der Waals surface area contributed by atoms with E-state index < -0.39 is 12.0 Å². The van der Waals surface area contributed by atoms with Gasteiger partial charge in [-0.3, -0.25) is 15.4 Å². The number of rotatable bonds is 9. The molecule has 0 fully saturated rings. The Kier molecular flexibility index (Phi) is 8.32. The molecule has 0 bridgehead atoms. The molecule has 4 N–H and O–H groups in total. The van der Waals surface area contributed by atoms with Crippen molar-refractivity contribution in [2.75, 3.05) is 13.1 Å². The Morgan fingerprint density at radius 3 is 2.39 bits per heavy atom. The van der Waals surface area contributed by atoms with Crippen molar-refractivity contribution in [1.29, 1.82) is 0 Å². The Bertz CT molecular complexity index is 269. The zero-order valence-corrected chi connectivity index (χ0v) is 11.5. The normalized spacial score (nSPS) is 12.8. The highest BCUT2D eigenvalue weighted by Crippen LogP contribution is 2.09. The molecule has 106 valence electrons. The molecule has 0 aliphatic rings. The predicted molar refractivity (Wildman–Crippen MR) is 69.7 cm³/mol. The molecule has 1 atom stereocenters. The van der Waals surface area contributed by atoms with E-state index in [1.54, 1.807) is 0 Å². The van der Waals surface area contributed by atoms with Gasteiger partial charge in [0.2, 0.25) is 5.91 Å². The number of carboxylic acids is 1. The number of aliphatic carboxylic acids is 1. The molecule has 0 saturated heterocycles. The number of carbonyl (C=O) groups is 2. The van der Waals surface area contributed by atoms with Crippen LogP contribution < -0.4 is 11.2 Å². The van der Waals surface area contributed by atoms with Gasteiger partial charge >= 0.3 is 5.97 Å². The molecule has 0 aromatic rings. The second-order valence-electron chi connectivity index (χ2n) is 4.75. The fourth-order valence-electron chi connectivity index (χ4n) is 1.79. The first kappa shape index (κ1) is 16.9. The van der Waals surface area contributed by atoms with Crippen LogP contribution in [0.1, 0.15) is 40.0 Å². The molecule has 6 heteroatoms. The number of hydrazine groups is 1. The van der Waals surface area contributed by atoms with Gasteiger partial charge in [-0.2, -0.15) is 0 Å². The molecular formula is C12H25N3O3. The van der Waals surface area contributed by atoms with Crippen molar-refractivity contribution >= 4 is 11.9 Å². The quantitative estimate of drug-likeness (QED) is 0.320. The van der Waals surface area contributed by atoms with Gasteiger partial charge in [0, 0.05) is 6.54 Å². The Labute approximate surface area is 108 Å². The number of nitrogens with two attached hydrogens (primary N) is 1. The molecule has 0 radical (unpaired) electrons. The van der Waals surface area contributed by atoms with Crippen molar-refractivity contribution < 1.29 is 14.7 Å². The monoisotopic (exact) mass is 259 g/mol. The topological polar surface area (TPSA) is 95.7 Å². The molecule has 6 nitrogen and oxygen atoms in total. The molecule has 0 rings (SSSR count). The SMILES string of the molecule is CCCCCN(N)C(C(=O)NCC(=O)O)C(C)C. The molecule has 0 aromatic heterocycles. The van der Waals surface area contributed by atoms with Crippen LogP contribution in [0, 0.1) is 5.92 Å². The Hall–Kier alpha value is -1.14. The summed E-state index contributed by atoms with van der Waals surface area (Å²) in [7, 11) is 0. The molecule has 0 aromatic carbocycles. The minimum absolute atomic E-state index is 0.0328. The fourth-order valence-corrected chi connectivity index (χ4v) is 1.79. The number of nitrogens with one attached hydrogen (secondary N) is 1. The van der Waals surface area contributed by atoms with E-state index in [0.717, 1.165) is 19.3 Å². The lowest BCUT2D eigenvalue weighted by atomic mass is 10.0. The molecule has 1 amide bonds. The zero-order chi connectivity index (χ0) is 14.1. The lowest BCUT2D eigenvalue weighted by molar-refractivity contribution is -0.139. The van der Waals surface area contributed by atoms with Crippen LogP contribution in [0.25, 0.3) is 0 Å². The van der Waals surface area contributed by atoms with Crippen molar-refractivity contribution in [3.8, 4) is 0 Å². The smallest absolute Gasteiger partial charge is 0.322 e. The van der Waals surface area contributed by atoms with E-state index in [2.05, 4.69) is 12.2 Å². The maximum absolute atomic E-state index is 11.9. The van der Waals surface area contributed by atoms with Crippen molar-refractivity contribution in [2.24, 2.45) is 11.8 Å². The van der Waals surface area contributed by atoms with Gasteiger partial charge in [-0.1, -0.05) is 33.6 Å². The second-order valence-corrected chi connectivity index (χ2v) is 4.75. The van der Waals surface area contributed by atoms with Crippen LogP contribution in [0.5, 0.6) is 0 Å². The summed E-state index contributed by atoms with van der Waals surface area (Å²) in [5.74, 6) is 4.54. The van der Waals surface area contributed by atoms with E-state index >= 15 is 0 Å². The molecule has 18 heavy (non-hydrogen) atoms. The van der Waals surface area contributed by atoms with E-state index in [0.29, 0.717) is 6.54 Å². The number of unbranched alkanes of at least 4 members (excludes halogenated alkanes) is 2. The average Bonchev–Trinajstić information content (AvgIpc) is 2.26. The summed E-state index contributed by atoms with van der Waals surface area (Å²) in [4.78, 5) is 22.3. The van der Waals surface area contributed by atoms with Crippen LogP contribution in [0.4, 0.5) is 0 Å². The summed E-state index contributed by atoms with van der Waals surface area (Å²) in [6.45, 7) is 6.15. The van der Waals surface area contributed by atoms with E-state index in [1.807, 2.05) is 13.8 Å². The zero-order valence-electron chi connectivity index (χ0n) is 11.5. The van der Waals surface area contributed by atoms with E-state index in [4.69, 9.17) is 10.9 Å². The molecule has 0 aliphatic carbocycles. The Morgan fingerprint density at radius 1 is 1.33 bits per heavy atom. The van der Waals surface area contributed by atoms with Crippen molar-refractivity contribution in [3.05, 3.63) is 0 Å². The minimum atomic E-state index is -1.06. The molecule has 1 unspecified atom stereocenters. The van der Waals surface area contributed by atoms with Crippen molar-refractivity contribution in [3.63, 3.8) is 0 Å². The second kappa shape index (κ2) is 8.88. The van der Waals surface area contributed by atoms with E-state index in [9.17, 15) is 9.59 Å². The summed E-state index contributed by atoms with van der Waals surface area (Å²) in [6, 6.07) is -0.485. The maximum atomic E-state index is 11.9. The number of hydrogen-bond donors (Lipinski definition) is 3. The van der Waals surface area contributed by atoms with E-state index in [1.165, 1.54) is 5.01 Å². The summed E-state index contributed by atoms with van der Waals surface area (Å²) < 4.78 is 0. The lowest BCUT2D eigenvalue weighted by Gasteiger charge is -2.29. The third kappa shape index (κ3) is 6.56. The van der Waals surface area contributed by atoms with Crippen LogP contribution >= 0.6 is 0 Å². The Morgan fingerprint density at radius 2 is 1.94 bits per heavy atom. The first-order valence-electron chi connectivity index (χ1n) is 6.41. The highest BCUT2D eigenvalue weighted by Gasteiger charge is 2.26. The summed E-state index contributed by atoms with van der Waals surface area (Å²) in [5.41, 5.74) is 0. The number of carboxylic acid groups (broad SMARTS) is 1. The third-order valence-corrected chi connectivity index (χ3v) is 2.69. The van der Waals surface area contributed by atoms with Gasteiger partial charge in [-0.05, 0) is 12.3 Å². The minimum Gasteiger partial charge on any atom is -0.480 e. The predicted octanol–water partition coefficient (Wildman–Crippen LogP) is 0.578. The summed E-state index contributed by atoms with van der Waals surface area (Å²) in [5, 5.41) is 12.4. The lowest BCUT2D eigenvalue weighted by Crippen LogP contribution is -2.54. The van der Waals surface area contributed by atoms with Gasteiger partial charge in [0.05, 0.1) is 0 Å². The van der Waals surface area contributed by atoms with Crippen LogP contribution in [0.3, 0.4) is 0 Å². The van der Waals surface area contributed by atoms with Gasteiger partial charge in [0.1, 0.15) is 12.6 Å². The van der Waals surface area contributed by atoms with Crippen LogP contribution in [0.2, 0.25) is 0 Å². The highest BCUT2D eigenvalue weighted by atomic mass is 16.4. The first-order chi connectivity index (χ1) is 8.40. The van der Waals surface area contributed by atoms with Gasteiger partial charge < -0.3 is 10.4 Å². The highest BCUT2D eigenvalue weighted by molar-refractivity contribution is 5.85. The first-order valence-corrected chi connectivity index (χ1v) is 6.41.